The molecule has 2 rings (SSSR count). The fourth-order valence-electron chi connectivity index (χ4n) is 1.89. The van der Waals surface area contributed by atoms with Crippen molar-refractivity contribution in [2.24, 2.45) is 5.92 Å². The maximum atomic E-state index is 13.8. The number of carbonyl (C=O) groups is 2. The summed E-state index contributed by atoms with van der Waals surface area (Å²) in [6.45, 7) is 1.90. The third-order valence-electron chi connectivity index (χ3n) is 3.03. The molecule has 0 bridgehead atoms. The van der Waals surface area contributed by atoms with Crippen LogP contribution in [0.25, 0.3) is 11.5 Å². The van der Waals surface area contributed by atoms with Crippen molar-refractivity contribution in [2.75, 3.05) is 6.54 Å². The van der Waals surface area contributed by atoms with E-state index in [1.165, 1.54) is 12.1 Å². The van der Waals surface area contributed by atoms with Crippen LogP contribution in [0.15, 0.2) is 33.4 Å². The first kappa shape index (κ1) is 17.1. The zero-order valence-corrected chi connectivity index (χ0v) is 13.8. The van der Waals surface area contributed by atoms with Crippen LogP contribution in [0.2, 0.25) is 0 Å². The Morgan fingerprint density at radius 2 is 2.22 bits per heavy atom. The number of amides is 1. The van der Waals surface area contributed by atoms with Gasteiger partial charge in [-0.05, 0) is 24.1 Å². The Morgan fingerprint density at radius 1 is 1.48 bits per heavy atom. The quantitative estimate of drug-likeness (QED) is 0.798. The molecule has 122 valence electrons. The minimum absolute atomic E-state index is 0.00117. The molecule has 2 N–H and O–H groups in total. The highest BCUT2D eigenvalue weighted by Crippen LogP contribution is 2.24. The maximum Gasteiger partial charge on any atom is 0.303 e. The minimum atomic E-state index is -0.929. The van der Waals surface area contributed by atoms with Gasteiger partial charge >= 0.3 is 5.97 Å². The average molecular weight is 385 g/mol. The lowest BCUT2D eigenvalue weighted by molar-refractivity contribution is -0.137. The number of oxazole rings is 1. The zero-order valence-electron chi connectivity index (χ0n) is 12.2. The molecule has 1 amide bonds. The van der Waals surface area contributed by atoms with Crippen LogP contribution in [-0.2, 0) is 4.79 Å². The molecule has 1 aromatic heterocycles. The van der Waals surface area contributed by atoms with Crippen molar-refractivity contribution in [2.45, 2.75) is 13.3 Å². The van der Waals surface area contributed by atoms with E-state index >= 15 is 0 Å². The molecule has 8 heteroatoms. The highest BCUT2D eigenvalue weighted by Gasteiger charge is 2.17. The van der Waals surface area contributed by atoms with Crippen LogP contribution >= 0.6 is 15.9 Å². The summed E-state index contributed by atoms with van der Waals surface area (Å²) >= 11 is 3.15. The monoisotopic (exact) mass is 384 g/mol. The van der Waals surface area contributed by atoms with Gasteiger partial charge in [0.2, 0.25) is 5.89 Å². The van der Waals surface area contributed by atoms with E-state index in [9.17, 15) is 14.0 Å². The molecule has 0 aliphatic rings. The highest BCUT2D eigenvalue weighted by atomic mass is 79.9. The fraction of sp³-hybridized carbons (Fsp3) is 0.267. The summed E-state index contributed by atoms with van der Waals surface area (Å²) < 4.78 is 19.6. The number of carboxylic acid groups (broad SMARTS) is 1. The number of aromatic nitrogens is 1. The van der Waals surface area contributed by atoms with Gasteiger partial charge in [0.25, 0.3) is 5.91 Å². The van der Waals surface area contributed by atoms with Crippen LogP contribution in [0.5, 0.6) is 0 Å². The number of hydrogen-bond acceptors (Lipinski definition) is 4. The van der Waals surface area contributed by atoms with Crippen molar-refractivity contribution in [3.8, 4) is 11.5 Å². The van der Waals surface area contributed by atoms with Gasteiger partial charge in [0.1, 0.15) is 12.1 Å². The van der Waals surface area contributed by atoms with Crippen LogP contribution in [-0.4, -0.2) is 28.5 Å². The fourth-order valence-corrected chi connectivity index (χ4v) is 2.23. The number of nitrogens with one attached hydrogen (secondary N) is 1. The minimum Gasteiger partial charge on any atom is -0.481 e. The summed E-state index contributed by atoms with van der Waals surface area (Å²) in [5.74, 6) is -2.18. The van der Waals surface area contributed by atoms with Crippen LogP contribution in [0.1, 0.15) is 23.8 Å². The number of benzene rings is 1. The molecular formula is C15H14BrFN2O4. The van der Waals surface area contributed by atoms with Crippen LogP contribution < -0.4 is 5.32 Å². The first-order valence-corrected chi connectivity index (χ1v) is 7.57. The third-order valence-corrected chi connectivity index (χ3v) is 3.53. The first-order valence-electron chi connectivity index (χ1n) is 6.77. The number of nitrogens with zero attached hydrogens (tertiary/aromatic N) is 1. The molecule has 0 saturated heterocycles. The number of rotatable bonds is 6. The second kappa shape index (κ2) is 7.36. The van der Waals surface area contributed by atoms with E-state index in [4.69, 9.17) is 9.52 Å². The van der Waals surface area contributed by atoms with Gasteiger partial charge in [-0.1, -0.05) is 22.9 Å². The van der Waals surface area contributed by atoms with Gasteiger partial charge in [-0.3, -0.25) is 9.59 Å². The summed E-state index contributed by atoms with van der Waals surface area (Å²) in [6.07, 6.45) is 1.09. The van der Waals surface area contributed by atoms with E-state index in [1.54, 1.807) is 13.0 Å². The molecule has 0 fully saturated rings. The van der Waals surface area contributed by atoms with Crippen molar-refractivity contribution >= 4 is 27.8 Å². The predicted molar refractivity (Wildman–Crippen MR) is 83.3 cm³/mol. The Morgan fingerprint density at radius 3 is 2.87 bits per heavy atom. The average Bonchev–Trinajstić information content (AvgIpc) is 2.93. The van der Waals surface area contributed by atoms with Crippen LogP contribution in [0.3, 0.4) is 0 Å². The van der Waals surface area contributed by atoms with Crippen LogP contribution in [0.4, 0.5) is 4.39 Å². The Hall–Kier alpha value is -2.22. The second-order valence-corrected chi connectivity index (χ2v) is 5.99. The van der Waals surface area contributed by atoms with E-state index in [2.05, 4.69) is 26.2 Å². The van der Waals surface area contributed by atoms with E-state index in [-0.39, 0.29) is 36.0 Å². The van der Waals surface area contributed by atoms with Crippen molar-refractivity contribution in [1.29, 1.82) is 0 Å². The number of aliphatic carboxylic acids is 1. The lowest BCUT2D eigenvalue weighted by Crippen LogP contribution is -2.29. The molecule has 0 saturated carbocycles. The molecular weight excluding hydrogens is 371 g/mol. The summed E-state index contributed by atoms with van der Waals surface area (Å²) in [5, 5.41) is 11.2. The third kappa shape index (κ3) is 4.62. The number of carbonyl (C=O) groups excluding carboxylic acids is 1. The van der Waals surface area contributed by atoms with Gasteiger partial charge in [0.15, 0.2) is 5.69 Å². The molecule has 23 heavy (non-hydrogen) atoms. The zero-order chi connectivity index (χ0) is 17.0. The van der Waals surface area contributed by atoms with Crippen molar-refractivity contribution < 1.29 is 23.5 Å². The Labute approximate surface area is 139 Å². The van der Waals surface area contributed by atoms with Gasteiger partial charge in [-0.25, -0.2) is 9.37 Å². The molecule has 0 radical (unpaired) electrons. The molecule has 0 aliphatic carbocycles. The van der Waals surface area contributed by atoms with E-state index in [0.717, 1.165) is 6.26 Å². The molecule has 0 spiro atoms. The Kier molecular flexibility index (Phi) is 5.49. The molecule has 1 unspecified atom stereocenters. The van der Waals surface area contributed by atoms with E-state index in [1.807, 2.05) is 0 Å². The first-order chi connectivity index (χ1) is 10.9. The Bertz CT molecular complexity index is 732. The van der Waals surface area contributed by atoms with Gasteiger partial charge in [0, 0.05) is 17.4 Å². The molecule has 1 heterocycles. The van der Waals surface area contributed by atoms with E-state index in [0.29, 0.717) is 4.47 Å². The van der Waals surface area contributed by atoms with Crippen molar-refractivity contribution in [3.05, 3.63) is 40.4 Å². The number of hydrogen-bond donors (Lipinski definition) is 2. The summed E-state index contributed by atoms with van der Waals surface area (Å²) in [4.78, 5) is 26.5. The molecule has 0 aliphatic heterocycles. The normalized spacial score (nSPS) is 12.0. The number of halogens is 2. The summed E-state index contributed by atoms with van der Waals surface area (Å²) in [5.41, 5.74) is 0.149. The number of carboxylic acids is 1. The Balaban J connectivity index is 2.04. The molecule has 1 atom stereocenters. The molecule has 6 nitrogen and oxygen atoms in total. The van der Waals surface area contributed by atoms with Crippen molar-refractivity contribution in [1.82, 2.24) is 10.3 Å². The lowest BCUT2D eigenvalue weighted by atomic mass is 10.1. The summed E-state index contributed by atoms with van der Waals surface area (Å²) in [7, 11) is 0. The van der Waals surface area contributed by atoms with Gasteiger partial charge < -0.3 is 14.8 Å². The van der Waals surface area contributed by atoms with E-state index < -0.39 is 17.7 Å². The smallest absolute Gasteiger partial charge is 0.303 e. The molecule has 2 aromatic rings. The van der Waals surface area contributed by atoms with Gasteiger partial charge in [-0.15, -0.1) is 0 Å². The largest absolute Gasteiger partial charge is 0.481 e. The van der Waals surface area contributed by atoms with Gasteiger partial charge in [-0.2, -0.15) is 0 Å². The lowest BCUT2D eigenvalue weighted by Gasteiger charge is -2.08. The SMILES string of the molecule is CC(CNC(=O)c1coc(-c2ccc(Br)cc2F)n1)CC(=O)O. The highest BCUT2D eigenvalue weighted by molar-refractivity contribution is 9.10. The standard InChI is InChI=1S/C15H14BrFN2O4/c1-8(4-13(20)21)6-18-14(22)12-7-23-15(19-12)10-3-2-9(16)5-11(10)17/h2-3,5,7-8H,4,6H2,1H3,(H,18,22)(H,20,21). The van der Waals surface area contributed by atoms with Gasteiger partial charge in [0.05, 0.1) is 5.56 Å². The predicted octanol–water partition coefficient (Wildman–Crippen LogP) is 3.08. The molecule has 1 aromatic carbocycles. The topological polar surface area (TPSA) is 92.4 Å². The maximum absolute atomic E-state index is 13.8. The second-order valence-electron chi connectivity index (χ2n) is 5.08. The van der Waals surface area contributed by atoms with Crippen molar-refractivity contribution in [3.63, 3.8) is 0 Å². The van der Waals surface area contributed by atoms with Crippen LogP contribution in [0, 0.1) is 11.7 Å². The summed E-state index contributed by atoms with van der Waals surface area (Å²) in [6, 6.07) is 4.39.